The number of carbonyl (C=O) groups excluding carboxylic acids is 1. The Hall–Kier alpha value is -5.09. The standard InChI is InChI=1S/C31H25Cl2F2N5O3.C9H17N3O2/c1-39-23-14-22(27(34)35)37-28(24(23)30(41)40(2)31(39)42)36-20-12-6-10-18(26(20)33)17-9-5-11-19(25(17)32)21-13-15-7-4-8-16(15)29(38-21)43-3;1-14-5-4-12-7-9(11-8(12)13)2-3-10-6-9/h5-6,9-14,27H,4,7-8H2,1-3H3,(H,36,37);10H,2-7H2,1H3,(H,11,13). The Morgan fingerprint density at radius 3 is 2.40 bits per heavy atom. The number of amides is 2. The van der Waals surface area contributed by atoms with Gasteiger partial charge in [0.15, 0.2) is 0 Å². The molecule has 1 unspecified atom stereocenters. The van der Waals surface area contributed by atoms with Gasteiger partial charge in [-0.25, -0.2) is 28.3 Å². The molecular weight excluding hydrogens is 781 g/mol. The van der Waals surface area contributed by atoms with E-state index < -0.39 is 23.4 Å². The van der Waals surface area contributed by atoms with E-state index in [2.05, 4.69) is 20.9 Å². The molecule has 0 bridgehead atoms. The van der Waals surface area contributed by atoms with Crippen LogP contribution in [-0.4, -0.2) is 82.6 Å². The van der Waals surface area contributed by atoms with Crippen molar-refractivity contribution >= 4 is 51.6 Å². The Morgan fingerprint density at radius 2 is 1.70 bits per heavy atom. The number of aryl methyl sites for hydroxylation is 2. The van der Waals surface area contributed by atoms with Crippen molar-refractivity contribution in [2.24, 2.45) is 14.1 Å². The molecular formula is C40H42Cl2F2N8O5. The van der Waals surface area contributed by atoms with E-state index in [4.69, 9.17) is 37.7 Å². The molecule has 1 aliphatic carbocycles. The first kappa shape index (κ1) is 40.1. The van der Waals surface area contributed by atoms with Crippen molar-refractivity contribution in [3.8, 4) is 28.3 Å². The minimum absolute atomic E-state index is 0.00910. The van der Waals surface area contributed by atoms with Gasteiger partial charge in [0.2, 0.25) is 5.88 Å². The second-order valence-electron chi connectivity index (χ2n) is 14.3. The Morgan fingerprint density at radius 1 is 0.965 bits per heavy atom. The number of hydrogen-bond acceptors (Lipinski definition) is 9. The number of halogens is 4. The van der Waals surface area contributed by atoms with Crippen LogP contribution in [0.15, 0.2) is 58.1 Å². The molecule has 5 aromatic rings. The van der Waals surface area contributed by atoms with Gasteiger partial charge in [-0.2, -0.15) is 0 Å². The zero-order valence-electron chi connectivity index (χ0n) is 31.8. The van der Waals surface area contributed by atoms with Gasteiger partial charge in [0.25, 0.3) is 12.0 Å². The van der Waals surface area contributed by atoms with Crippen molar-refractivity contribution in [3.05, 3.63) is 96.2 Å². The third-order valence-corrected chi connectivity index (χ3v) is 11.5. The molecule has 1 spiro atoms. The van der Waals surface area contributed by atoms with Gasteiger partial charge < -0.3 is 30.3 Å². The van der Waals surface area contributed by atoms with E-state index in [9.17, 15) is 23.2 Å². The molecule has 8 rings (SSSR count). The van der Waals surface area contributed by atoms with Crippen LogP contribution in [0.1, 0.15) is 36.1 Å². The van der Waals surface area contributed by atoms with E-state index in [-0.39, 0.29) is 33.3 Å². The lowest BCUT2D eigenvalue weighted by Crippen LogP contribution is -2.45. The summed E-state index contributed by atoms with van der Waals surface area (Å²) in [7, 11) is 5.96. The fourth-order valence-corrected chi connectivity index (χ4v) is 8.31. The molecule has 3 aromatic heterocycles. The molecule has 1 atom stereocenters. The van der Waals surface area contributed by atoms with Crippen molar-refractivity contribution in [1.82, 2.24) is 34.6 Å². The topological polar surface area (TPSA) is 145 Å². The first-order chi connectivity index (χ1) is 27.4. The number of nitrogens with one attached hydrogen (secondary N) is 3. The second kappa shape index (κ2) is 16.4. The lowest BCUT2D eigenvalue weighted by atomic mass is 9.99. The average molecular weight is 824 g/mol. The maximum absolute atomic E-state index is 13.8. The maximum atomic E-state index is 13.8. The Balaban J connectivity index is 0.000000297. The number of anilines is 2. The quantitative estimate of drug-likeness (QED) is 0.158. The number of fused-ring (bicyclic) bond motifs is 2. The molecule has 2 fully saturated rings. The van der Waals surface area contributed by atoms with Crippen LogP contribution < -0.4 is 31.9 Å². The fourth-order valence-electron chi connectivity index (χ4n) is 7.71. The minimum Gasteiger partial charge on any atom is -0.481 e. The van der Waals surface area contributed by atoms with E-state index >= 15 is 0 Å². The van der Waals surface area contributed by atoms with Crippen molar-refractivity contribution < 1.29 is 23.0 Å². The molecule has 0 saturated carbocycles. The molecule has 0 radical (unpaired) electrons. The zero-order valence-corrected chi connectivity index (χ0v) is 33.4. The van der Waals surface area contributed by atoms with Crippen molar-refractivity contribution in [2.75, 3.05) is 52.3 Å². The minimum atomic E-state index is -2.95. The highest BCUT2D eigenvalue weighted by molar-refractivity contribution is 6.39. The van der Waals surface area contributed by atoms with Gasteiger partial charge in [0.1, 0.15) is 16.9 Å². The number of hydrogen-bond donors (Lipinski definition) is 3. The number of aromatic nitrogens is 4. The van der Waals surface area contributed by atoms with E-state index in [0.29, 0.717) is 52.1 Å². The third kappa shape index (κ3) is 7.68. The molecule has 2 aromatic carbocycles. The fraction of sp³-hybridized carbons (Fsp3) is 0.375. The van der Waals surface area contributed by atoms with Crippen LogP contribution >= 0.6 is 23.2 Å². The van der Waals surface area contributed by atoms with E-state index in [1.54, 1.807) is 32.4 Å². The van der Waals surface area contributed by atoms with Gasteiger partial charge in [-0.05, 0) is 56.0 Å². The first-order valence-corrected chi connectivity index (χ1v) is 19.2. The number of nitrogens with zero attached hydrogens (tertiary/aromatic N) is 5. The Bertz CT molecular complexity index is 2490. The molecule has 2 amide bonds. The number of carbonyl (C=O) groups is 1. The molecule has 17 heteroatoms. The number of methoxy groups -OCH3 is 2. The number of urea groups is 1. The van der Waals surface area contributed by atoms with Crippen molar-refractivity contribution in [2.45, 2.75) is 37.6 Å². The largest absolute Gasteiger partial charge is 0.481 e. The van der Waals surface area contributed by atoms with Crippen LogP contribution in [0, 0.1) is 0 Å². The average Bonchev–Trinajstić information content (AvgIpc) is 3.95. The highest BCUT2D eigenvalue weighted by Crippen LogP contribution is 2.43. The number of pyridine rings is 2. The number of rotatable bonds is 9. The summed E-state index contributed by atoms with van der Waals surface area (Å²) in [4.78, 5) is 47.8. The summed E-state index contributed by atoms with van der Waals surface area (Å²) in [5.74, 6) is 0.433. The van der Waals surface area contributed by atoms with Gasteiger partial charge in [0.05, 0.1) is 46.2 Å². The molecule has 2 aliphatic heterocycles. The van der Waals surface area contributed by atoms with Crippen LogP contribution in [0.5, 0.6) is 5.88 Å². The smallest absolute Gasteiger partial charge is 0.330 e. The predicted molar refractivity (Wildman–Crippen MR) is 216 cm³/mol. The molecule has 2 saturated heterocycles. The number of alkyl halides is 2. The van der Waals surface area contributed by atoms with Crippen LogP contribution in [0.25, 0.3) is 33.3 Å². The van der Waals surface area contributed by atoms with E-state index in [1.807, 2.05) is 29.2 Å². The lowest BCUT2D eigenvalue weighted by Gasteiger charge is -2.21. The van der Waals surface area contributed by atoms with Gasteiger partial charge in [-0.3, -0.25) is 13.9 Å². The van der Waals surface area contributed by atoms with Gasteiger partial charge >= 0.3 is 11.7 Å². The van der Waals surface area contributed by atoms with Gasteiger partial charge in [0, 0.05) is 63.1 Å². The first-order valence-electron chi connectivity index (χ1n) is 18.4. The molecule has 5 heterocycles. The van der Waals surface area contributed by atoms with Crippen LogP contribution in [-0.2, 0) is 31.7 Å². The zero-order chi connectivity index (χ0) is 40.6. The molecule has 13 nitrogen and oxygen atoms in total. The summed E-state index contributed by atoms with van der Waals surface area (Å²) < 4.78 is 40.2. The summed E-state index contributed by atoms with van der Waals surface area (Å²) in [5, 5.41) is 9.91. The van der Waals surface area contributed by atoms with E-state index in [0.717, 1.165) is 66.1 Å². The molecule has 3 N–H and O–H groups in total. The van der Waals surface area contributed by atoms with Crippen molar-refractivity contribution in [3.63, 3.8) is 0 Å². The summed E-state index contributed by atoms with van der Waals surface area (Å²) in [5.41, 5.74) is 3.22. The normalized spacial score (nSPS) is 17.3. The van der Waals surface area contributed by atoms with Crippen LogP contribution in [0.2, 0.25) is 10.0 Å². The summed E-state index contributed by atoms with van der Waals surface area (Å²) in [6.07, 6.45) is 0.973. The second-order valence-corrected chi connectivity index (χ2v) is 15.1. The third-order valence-electron chi connectivity index (χ3n) is 10.7. The Kier molecular flexibility index (Phi) is 11.5. The van der Waals surface area contributed by atoms with Crippen molar-refractivity contribution in [1.29, 1.82) is 0 Å². The van der Waals surface area contributed by atoms with Gasteiger partial charge in [-0.1, -0.05) is 53.5 Å². The van der Waals surface area contributed by atoms with Crippen LogP contribution in [0.3, 0.4) is 0 Å². The van der Waals surface area contributed by atoms with Crippen LogP contribution in [0.4, 0.5) is 25.1 Å². The Labute approximate surface area is 336 Å². The number of benzene rings is 2. The highest BCUT2D eigenvalue weighted by atomic mass is 35.5. The number of ether oxygens (including phenoxy) is 2. The predicted octanol–water partition coefficient (Wildman–Crippen LogP) is 6.24. The molecule has 300 valence electrons. The summed E-state index contributed by atoms with van der Waals surface area (Å²) in [6, 6.07) is 13.8. The highest BCUT2D eigenvalue weighted by Gasteiger charge is 2.44. The lowest BCUT2D eigenvalue weighted by molar-refractivity contribution is 0.146. The maximum Gasteiger partial charge on any atom is 0.330 e. The monoisotopic (exact) mass is 822 g/mol. The summed E-state index contributed by atoms with van der Waals surface area (Å²) in [6.45, 7) is 3.99. The molecule has 57 heavy (non-hydrogen) atoms. The molecule has 3 aliphatic rings. The van der Waals surface area contributed by atoms with Gasteiger partial charge in [-0.15, -0.1) is 0 Å². The summed E-state index contributed by atoms with van der Waals surface area (Å²) >= 11 is 13.9. The van der Waals surface area contributed by atoms with E-state index in [1.165, 1.54) is 19.7 Å². The SMILES string of the molecule is COCCN1CC2(CCNC2)NC1=O.COc1nc(-c2cccc(-c3cccc(Nc4nc(C(F)F)cc5c4c(=O)n(C)c(=O)n5C)c3Cl)c2Cl)cc2c1CCC2.